The van der Waals surface area contributed by atoms with Gasteiger partial charge in [-0.2, -0.15) is 0 Å². The van der Waals surface area contributed by atoms with E-state index in [0.29, 0.717) is 24.8 Å². The quantitative estimate of drug-likeness (QED) is 0.571. The Morgan fingerprint density at radius 3 is 2.79 bits per heavy atom. The molecule has 1 heterocycles. The van der Waals surface area contributed by atoms with Crippen LogP contribution in [0.3, 0.4) is 0 Å². The van der Waals surface area contributed by atoms with Crippen molar-refractivity contribution in [2.75, 3.05) is 0 Å². The van der Waals surface area contributed by atoms with E-state index in [9.17, 15) is 14.7 Å². The van der Waals surface area contributed by atoms with E-state index in [1.807, 2.05) is 26.0 Å². The summed E-state index contributed by atoms with van der Waals surface area (Å²) in [6, 6.07) is 8.87. The molecule has 1 aliphatic heterocycles. The molecule has 0 radical (unpaired) electrons. The average Bonchev–Trinajstić information content (AvgIpc) is 3.16. The van der Waals surface area contributed by atoms with E-state index in [2.05, 4.69) is 6.08 Å². The number of aliphatic hydroxyl groups is 1. The Bertz CT molecular complexity index is 748. The molecule has 0 amide bonds. The Balaban J connectivity index is 1.67. The summed E-state index contributed by atoms with van der Waals surface area (Å²) in [5.41, 5.74) is 1.73. The Morgan fingerprint density at radius 1 is 1.32 bits per heavy atom. The van der Waals surface area contributed by atoms with Gasteiger partial charge in [0.05, 0.1) is 18.1 Å². The molecule has 1 saturated carbocycles. The Hall–Kier alpha value is -2.40. The van der Waals surface area contributed by atoms with Crippen LogP contribution in [0.4, 0.5) is 0 Å². The first-order chi connectivity index (χ1) is 13.4. The zero-order valence-electron chi connectivity index (χ0n) is 16.4. The van der Waals surface area contributed by atoms with Crippen LogP contribution in [0.25, 0.3) is 0 Å². The molecule has 28 heavy (non-hydrogen) atoms. The first-order valence-electron chi connectivity index (χ1n) is 9.89. The van der Waals surface area contributed by atoms with Crippen molar-refractivity contribution in [1.29, 1.82) is 0 Å². The van der Waals surface area contributed by atoms with Gasteiger partial charge in [0.25, 0.3) is 0 Å². The number of allylic oxidation sites excluding steroid dienone is 2. The molecule has 1 aromatic carbocycles. The Kier molecular flexibility index (Phi) is 6.68. The topological polar surface area (TPSA) is 72.8 Å². The van der Waals surface area contributed by atoms with Crippen molar-refractivity contribution in [1.82, 2.24) is 0 Å². The molecule has 5 heteroatoms. The first kappa shape index (κ1) is 20.3. The third-order valence-electron chi connectivity index (χ3n) is 5.39. The lowest BCUT2D eigenvalue weighted by Crippen LogP contribution is -2.25. The van der Waals surface area contributed by atoms with Crippen molar-refractivity contribution < 1.29 is 24.2 Å². The number of rotatable bonds is 7. The van der Waals surface area contributed by atoms with Gasteiger partial charge in [-0.3, -0.25) is 4.79 Å². The molecule has 3 rings (SSSR count). The molecule has 0 bridgehead atoms. The van der Waals surface area contributed by atoms with Crippen LogP contribution in [-0.4, -0.2) is 35.4 Å². The highest BCUT2D eigenvalue weighted by molar-refractivity contribution is 5.89. The zero-order chi connectivity index (χ0) is 20.1. The maximum Gasteiger partial charge on any atom is 0.338 e. The Labute approximate surface area is 166 Å². The van der Waals surface area contributed by atoms with Crippen LogP contribution >= 0.6 is 0 Å². The van der Waals surface area contributed by atoms with Crippen molar-refractivity contribution in [3.63, 3.8) is 0 Å². The summed E-state index contributed by atoms with van der Waals surface area (Å²) in [6.45, 7) is 4.06. The van der Waals surface area contributed by atoms with Gasteiger partial charge in [-0.1, -0.05) is 42.0 Å². The number of hydrogen-bond acceptors (Lipinski definition) is 5. The highest BCUT2D eigenvalue weighted by Crippen LogP contribution is 2.43. The van der Waals surface area contributed by atoms with E-state index in [0.717, 1.165) is 6.42 Å². The van der Waals surface area contributed by atoms with Gasteiger partial charge in [0.15, 0.2) is 0 Å². The van der Waals surface area contributed by atoms with Gasteiger partial charge in [-0.05, 0) is 38.8 Å². The van der Waals surface area contributed by atoms with Crippen LogP contribution in [0, 0.1) is 11.8 Å². The molecular formula is C23H28O5. The van der Waals surface area contributed by atoms with Gasteiger partial charge >= 0.3 is 11.9 Å². The molecule has 0 spiro atoms. The number of benzene rings is 1. The van der Waals surface area contributed by atoms with Crippen molar-refractivity contribution in [3.05, 3.63) is 59.7 Å². The second kappa shape index (κ2) is 9.20. The van der Waals surface area contributed by atoms with E-state index in [1.54, 1.807) is 30.3 Å². The van der Waals surface area contributed by atoms with E-state index >= 15 is 0 Å². The largest absolute Gasteiger partial charge is 0.462 e. The molecule has 150 valence electrons. The summed E-state index contributed by atoms with van der Waals surface area (Å²) in [4.78, 5) is 24.1. The van der Waals surface area contributed by atoms with Crippen molar-refractivity contribution >= 4 is 11.9 Å². The van der Waals surface area contributed by atoms with Crippen molar-refractivity contribution in [3.8, 4) is 0 Å². The van der Waals surface area contributed by atoms with Crippen LogP contribution in [0.15, 0.2) is 54.1 Å². The fraction of sp³-hybridized carbons (Fsp3) is 0.478. The van der Waals surface area contributed by atoms with Crippen LogP contribution in [-0.2, 0) is 14.3 Å². The van der Waals surface area contributed by atoms with Crippen molar-refractivity contribution in [2.24, 2.45) is 11.8 Å². The summed E-state index contributed by atoms with van der Waals surface area (Å²) in [5, 5.41) is 10.2. The number of ether oxygens (including phenoxy) is 2. The highest BCUT2D eigenvalue weighted by Gasteiger charge is 2.50. The average molecular weight is 384 g/mol. The van der Waals surface area contributed by atoms with Gasteiger partial charge in [0.2, 0.25) is 0 Å². The third kappa shape index (κ3) is 5.10. The minimum atomic E-state index is -0.571. The maximum atomic E-state index is 12.5. The van der Waals surface area contributed by atoms with Crippen molar-refractivity contribution in [2.45, 2.75) is 57.8 Å². The number of aliphatic hydroxyl groups excluding tert-OH is 1. The Morgan fingerprint density at radius 2 is 2.07 bits per heavy atom. The summed E-state index contributed by atoms with van der Waals surface area (Å²) >= 11 is 0. The van der Waals surface area contributed by atoms with E-state index in [1.165, 1.54) is 5.57 Å². The van der Waals surface area contributed by atoms with Crippen LogP contribution in [0.2, 0.25) is 0 Å². The van der Waals surface area contributed by atoms with Crippen LogP contribution in [0.1, 0.15) is 49.9 Å². The first-order valence-corrected chi connectivity index (χ1v) is 9.89. The fourth-order valence-electron chi connectivity index (χ4n) is 3.97. The summed E-state index contributed by atoms with van der Waals surface area (Å²) in [7, 11) is 0. The minimum absolute atomic E-state index is 0.0118. The molecule has 5 nitrogen and oxygen atoms in total. The molecule has 2 aliphatic rings. The summed E-state index contributed by atoms with van der Waals surface area (Å²) < 4.78 is 11.2. The minimum Gasteiger partial charge on any atom is -0.462 e. The van der Waals surface area contributed by atoms with E-state index < -0.39 is 6.10 Å². The summed E-state index contributed by atoms with van der Waals surface area (Å²) in [6.07, 6.45) is 6.86. The van der Waals surface area contributed by atoms with Gasteiger partial charge < -0.3 is 14.6 Å². The number of carbonyl (C=O) groups excluding carboxylic acids is 2. The zero-order valence-corrected chi connectivity index (χ0v) is 16.4. The smallest absolute Gasteiger partial charge is 0.338 e. The third-order valence-corrected chi connectivity index (χ3v) is 5.39. The van der Waals surface area contributed by atoms with E-state index in [4.69, 9.17) is 9.47 Å². The highest BCUT2D eigenvalue weighted by atomic mass is 16.6. The number of fused-ring (bicyclic) bond motifs is 1. The lowest BCUT2D eigenvalue weighted by Gasteiger charge is -2.20. The maximum absolute atomic E-state index is 12.5. The normalized spacial score (nSPS) is 27.3. The molecule has 1 unspecified atom stereocenters. The van der Waals surface area contributed by atoms with Gasteiger partial charge in [-0.15, -0.1) is 0 Å². The molecule has 1 aromatic rings. The molecule has 2 fully saturated rings. The standard InChI is InChI=1S/C23H28O5/c1-15(2)7-6-10-17(24)11-12-18-19-13-22(25)27-21(19)14-20(18)28-23(26)16-8-4-3-5-9-16/h3-5,7-9,11-12,17-21,24H,6,10,13-14H2,1-2H3/t17?,18-,19-,20-,21+/m1/s1. The van der Waals surface area contributed by atoms with E-state index in [-0.39, 0.29) is 36.0 Å². The number of esters is 2. The van der Waals surface area contributed by atoms with Gasteiger partial charge in [0.1, 0.15) is 12.2 Å². The van der Waals surface area contributed by atoms with Gasteiger partial charge in [-0.25, -0.2) is 4.79 Å². The molecule has 1 N–H and O–H groups in total. The second-order valence-electron chi connectivity index (χ2n) is 7.83. The number of hydrogen-bond donors (Lipinski definition) is 1. The van der Waals surface area contributed by atoms with Crippen LogP contribution in [0.5, 0.6) is 0 Å². The second-order valence-corrected chi connectivity index (χ2v) is 7.83. The lowest BCUT2D eigenvalue weighted by atomic mass is 9.91. The van der Waals surface area contributed by atoms with Gasteiger partial charge in [0, 0.05) is 18.3 Å². The molecule has 0 aromatic heterocycles. The van der Waals surface area contributed by atoms with Crippen LogP contribution < -0.4 is 0 Å². The molecule has 5 atom stereocenters. The SMILES string of the molecule is CC(C)=CCCC(O)C=C[C@@H]1[C@H]2CC(=O)O[C@H]2C[C@H]1OC(=O)c1ccccc1. The fourth-order valence-corrected chi connectivity index (χ4v) is 3.97. The monoisotopic (exact) mass is 384 g/mol. The molecular weight excluding hydrogens is 356 g/mol. The predicted molar refractivity (Wildman–Crippen MR) is 106 cm³/mol. The summed E-state index contributed by atoms with van der Waals surface area (Å²) in [5.74, 6) is -0.728. The number of carbonyl (C=O) groups is 2. The molecule has 1 saturated heterocycles. The molecule has 1 aliphatic carbocycles. The lowest BCUT2D eigenvalue weighted by molar-refractivity contribution is -0.141. The predicted octanol–water partition coefficient (Wildman–Crippen LogP) is 3.83.